The maximum Gasteiger partial charge on any atom is 0.263 e. The second-order valence-electron chi connectivity index (χ2n) is 7.45. The lowest BCUT2D eigenvalue weighted by molar-refractivity contribution is 0.659. The first kappa shape index (κ1) is 18.8. The topological polar surface area (TPSA) is 93.4 Å². The Hall–Kier alpha value is -4.20. The molecule has 0 saturated carbocycles. The third-order valence-corrected chi connectivity index (χ3v) is 5.06. The van der Waals surface area contributed by atoms with Crippen molar-refractivity contribution >= 4 is 22.7 Å². The molecule has 0 aliphatic heterocycles. The number of anilines is 2. The summed E-state index contributed by atoms with van der Waals surface area (Å²) in [6, 6.07) is 19.6. The zero-order valence-corrected chi connectivity index (χ0v) is 17.2. The van der Waals surface area contributed by atoms with Crippen LogP contribution in [-0.2, 0) is 6.54 Å². The van der Waals surface area contributed by atoms with E-state index in [1.807, 2.05) is 73.1 Å². The minimum atomic E-state index is -0.242. The molecular weight excluding hydrogens is 390 g/mol. The van der Waals surface area contributed by atoms with E-state index in [4.69, 9.17) is 0 Å². The molecule has 3 heterocycles. The highest BCUT2D eigenvalue weighted by atomic mass is 16.1. The molecule has 8 nitrogen and oxygen atoms in total. The summed E-state index contributed by atoms with van der Waals surface area (Å²) >= 11 is 0. The lowest BCUT2D eigenvalue weighted by Gasteiger charge is -2.09. The molecule has 2 aromatic carbocycles. The zero-order valence-electron chi connectivity index (χ0n) is 17.2. The Labute approximate surface area is 178 Å². The summed E-state index contributed by atoms with van der Waals surface area (Å²) in [6.45, 7) is 4.70. The first-order chi connectivity index (χ1) is 15.1. The van der Waals surface area contributed by atoms with Crippen molar-refractivity contribution in [1.29, 1.82) is 0 Å². The first-order valence-electron chi connectivity index (χ1n) is 9.97. The molecule has 0 saturated heterocycles. The molecule has 0 radical (unpaired) electrons. The van der Waals surface area contributed by atoms with Gasteiger partial charge in [0.1, 0.15) is 5.39 Å². The van der Waals surface area contributed by atoms with Crippen LogP contribution < -0.4 is 10.9 Å². The number of rotatable bonds is 5. The van der Waals surface area contributed by atoms with Gasteiger partial charge in [-0.2, -0.15) is 15.2 Å². The Morgan fingerprint density at radius 1 is 1.03 bits per heavy atom. The van der Waals surface area contributed by atoms with E-state index in [2.05, 4.69) is 31.5 Å². The molecule has 5 rings (SSSR count). The highest BCUT2D eigenvalue weighted by molar-refractivity contribution is 5.76. The van der Waals surface area contributed by atoms with Gasteiger partial charge in [0, 0.05) is 11.4 Å². The fourth-order valence-electron chi connectivity index (χ4n) is 3.63. The van der Waals surface area contributed by atoms with E-state index in [9.17, 15) is 4.79 Å². The molecule has 5 aromatic rings. The maximum absolute atomic E-state index is 12.6. The average molecular weight is 411 g/mol. The van der Waals surface area contributed by atoms with Gasteiger partial charge in [-0.3, -0.25) is 14.5 Å². The number of benzene rings is 2. The average Bonchev–Trinajstić information content (AvgIpc) is 3.32. The molecule has 0 unspecified atom stereocenters. The summed E-state index contributed by atoms with van der Waals surface area (Å²) in [5.74, 6) is 0.360. The second kappa shape index (κ2) is 7.56. The van der Waals surface area contributed by atoms with Crippen molar-refractivity contribution in [3.05, 3.63) is 94.2 Å². The molecular formula is C23H21N7O. The third kappa shape index (κ3) is 3.71. The van der Waals surface area contributed by atoms with Crippen molar-refractivity contribution in [3.63, 3.8) is 0 Å². The summed E-state index contributed by atoms with van der Waals surface area (Å²) in [5, 5.41) is 12.5. The highest BCUT2D eigenvalue weighted by Crippen LogP contribution is 2.19. The Bertz CT molecular complexity index is 1430. The molecule has 0 aliphatic rings. The number of H-pyrrole nitrogens is 1. The fourth-order valence-corrected chi connectivity index (χ4v) is 3.63. The molecule has 0 aliphatic carbocycles. The van der Waals surface area contributed by atoms with Crippen LogP contribution in [0.4, 0.5) is 11.6 Å². The van der Waals surface area contributed by atoms with E-state index in [0.29, 0.717) is 23.5 Å². The summed E-state index contributed by atoms with van der Waals surface area (Å²) in [6.07, 6.45) is 1.53. The van der Waals surface area contributed by atoms with Gasteiger partial charge in [-0.15, -0.1) is 0 Å². The zero-order chi connectivity index (χ0) is 21.4. The smallest absolute Gasteiger partial charge is 0.263 e. The fraction of sp³-hybridized carbons (Fsp3) is 0.130. The molecule has 0 fully saturated rings. The van der Waals surface area contributed by atoms with Crippen LogP contribution in [0.2, 0.25) is 0 Å². The van der Waals surface area contributed by atoms with Gasteiger partial charge in [-0.25, -0.2) is 4.68 Å². The molecule has 0 amide bonds. The number of aromatic amines is 1. The number of nitrogens with zero attached hydrogens (tertiary/aromatic N) is 5. The van der Waals surface area contributed by atoms with E-state index in [-0.39, 0.29) is 5.56 Å². The number of hydrogen-bond acceptors (Lipinski definition) is 5. The first-order valence-corrected chi connectivity index (χ1v) is 9.97. The van der Waals surface area contributed by atoms with Crippen LogP contribution in [0.1, 0.15) is 17.0 Å². The number of aromatic nitrogens is 6. The Morgan fingerprint density at radius 2 is 1.87 bits per heavy atom. The van der Waals surface area contributed by atoms with Gasteiger partial charge in [0.05, 0.1) is 24.1 Å². The van der Waals surface area contributed by atoms with E-state index in [1.54, 1.807) is 4.68 Å². The van der Waals surface area contributed by atoms with Gasteiger partial charge in [0.2, 0.25) is 5.95 Å². The number of nitrogens with one attached hydrogen (secondary N) is 2. The standard InChI is InChI=1S/C23H21N7O/c1-15-11-16(2)29(28-15)14-17-7-6-8-18(12-17)25-23-26-21-20(22(31)27-23)13-24-30(21)19-9-4-3-5-10-19/h3-13H,14H2,1-2H3,(H2,25,26,27,31). The quantitative estimate of drug-likeness (QED) is 0.460. The van der Waals surface area contributed by atoms with Crippen LogP contribution in [-0.4, -0.2) is 29.5 Å². The van der Waals surface area contributed by atoms with Crippen molar-refractivity contribution in [2.75, 3.05) is 5.32 Å². The Kier molecular flexibility index (Phi) is 4.59. The molecule has 3 aromatic heterocycles. The maximum atomic E-state index is 12.6. The summed E-state index contributed by atoms with van der Waals surface area (Å²) < 4.78 is 3.63. The van der Waals surface area contributed by atoms with Gasteiger partial charge in [-0.1, -0.05) is 30.3 Å². The van der Waals surface area contributed by atoms with E-state index < -0.39 is 0 Å². The van der Waals surface area contributed by atoms with Crippen molar-refractivity contribution in [3.8, 4) is 5.69 Å². The molecule has 8 heteroatoms. The van der Waals surface area contributed by atoms with Gasteiger partial charge < -0.3 is 5.32 Å². The Balaban J connectivity index is 1.47. The van der Waals surface area contributed by atoms with Crippen molar-refractivity contribution in [2.45, 2.75) is 20.4 Å². The van der Waals surface area contributed by atoms with Crippen LogP contribution in [0.25, 0.3) is 16.7 Å². The molecule has 0 spiro atoms. The highest BCUT2D eigenvalue weighted by Gasteiger charge is 2.12. The minimum absolute atomic E-state index is 0.242. The van der Waals surface area contributed by atoms with Crippen LogP contribution in [0.15, 0.2) is 71.7 Å². The number of para-hydroxylation sites is 1. The van der Waals surface area contributed by atoms with Gasteiger partial charge in [0.25, 0.3) is 5.56 Å². The monoisotopic (exact) mass is 411 g/mol. The van der Waals surface area contributed by atoms with Crippen molar-refractivity contribution in [1.82, 2.24) is 29.5 Å². The van der Waals surface area contributed by atoms with Crippen molar-refractivity contribution in [2.24, 2.45) is 0 Å². The molecule has 2 N–H and O–H groups in total. The molecule has 154 valence electrons. The lowest BCUT2D eigenvalue weighted by Crippen LogP contribution is -2.12. The van der Waals surface area contributed by atoms with Crippen LogP contribution in [0.3, 0.4) is 0 Å². The molecule has 0 bridgehead atoms. The number of fused-ring (bicyclic) bond motifs is 1. The summed E-state index contributed by atoms with van der Waals surface area (Å²) in [5.41, 5.74) is 5.12. The van der Waals surface area contributed by atoms with E-state index in [0.717, 1.165) is 28.3 Å². The van der Waals surface area contributed by atoms with Crippen LogP contribution in [0, 0.1) is 13.8 Å². The van der Waals surface area contributed by atoms with E-state index in [1.165, 1.54) is 6.20 Å². The number of hydrogen-bond donors (Lipinski definition) is 2. The van der Waals surface area contributed by atoms with Crippen LogP contribution in [0.5, 0.6) is 0 Å². The van der Waals surface area contributed by atoms with Gasteiger partial charge in [-0.05, 0) is 49.7 Å². The Morgan fingerprint density at radius 3 is 2.65 bits per heavy atom. The van der Waals surface area contributed by atoms with Crippen molar-refractivity contribution < 1.29 is 0 Å². The normalized spacial score (nSPS) is 11.2. The third-order valence-electron chi connectivity index (χ3n) is 5.06. The molecule has 31 heavy (non-hydrogen) atoms. The summed E-state index contributed by atoms with van der Waals surface area (Å²) in [7, 11) is 0. The minimum Gasteiger partial charge on any atom is -0.326 e. The van der Waals surface area contributed by atoms with Gasteiger partial charge in [0.15, 0.2) is 5.65 Å². The largest absolute Gasteiger partial charge is 0.326 e. The van der Waals surface area contributed by atoms with Gasteiger partial charge >= 0.3 is 0 Å². The molecule has 0 atom stereocenters. The van der Waals surface area contributed by atoms with Crippen LogP contribution >= 0.6 is 0 Å². The number of aryl methyl sites for hydroxylation is 2. The van der Waals surface area contributed by atoms with E-state index >= 15 is 0 Å². The lowest BCUT2D eigenvalue weighted by atomic mass is 10.2. The predicted molar refractivity (Wildman–Crippen MR) is 120 cm³/mol. The second-order valence-corrected chi connectivity index (χ2v) is 7.45. The predicted octanol–water partition coefficient (Wildman–Crippen LogP) is 3.71. The summed E-state index contributed by atoms with van der Waals surface area (Å²) in [4.78, 5) is 20.0. The SMILES string of the molecule is Cc1cc(C)n(Cc2cccc(Nc3nc4c(cnn4-c4ccccc4)c(=O)[nH]3)c2)n1.